The summed E-state index contributed by atoms with van der Waals surface area (Å²) in [7, 11) is -1.99. The molecule has 0 saturated carbocycles. The summed E-state index contributed by atoms with van der Waals surface area (Å²) in [6.07, 6.45) is 0.350. The number of methoxy groups -OCH3 is 1. The molecular formula is C12H18N2O3S2. The van der Waals surface area contributed by atoms with E-state index in [0.29, 0.717) is 12.2 Å². The van der Waals surface area contributed by atoms with Gasteiger partial charge in [-0.1, -0.05) is 31.3 Å². The van der Waals surface area contributed by atoms with Crippen molar-refractivity contribution in [2.75, 3.05) is 7.11 Å². The maximum absolute atomic E-state index is 12.0. The topological polar surface area (TPSA) is 81.4 Å². The van der Waals surface area contributed by atoms with Gasteiger partial charge in [-0.3, -0.25) is 0 Å². The fourth-order valence-corrected chi connectivity index (χ4v) is 3.50. The minimum absolute atomic E-state index is 0.0133. The fourth-order valence-electron chi connectivity index (χ4n) is 1.64. The van der Waals surface area contributed by atoms with Gasteiger partial charge in [-0.2, -0.15) is 0 Å². The molecule has 1 rings (SSSR count). The monoisotopic (exact) mass is 302 g/mol. The van der Waals surface area contributed by atoms with Gasteiger partial charge in [0, 0.05) is 6.54 Å². The zero-order chi connectivity index (χ0) is 14.5. The predicted molar refractivity (Wildman–Crippen MR) is 79.6 cm³/mol. The molecule has 0 radical (unpaired) electrons. The summed E-state index contributed by atoms with van der Waals surface area (Å²) in [5.74, 6) is 0.679. The average molecular weight is 302 g/mol. The van der Waals surface area contributed by atoms with Crippen molar-refractivity contribution in [2.45, 2.75) is 25.1 Å². The minimum atomic E-state index is -3.55. The molecule has 1 unspecified atom stereocenters. The third-order valence-electron chi connectivity index (χ3n) is 2.67. The molecule has 0 heterocycles. The van der Waals surface area contributed by atoms with E-state index in [9.17, 15) is 8.42 Å². The van der Waals surface area contributed by atoms with Gasteiger partial charge in [-0.05, 0) is 24.1 Å². The highest BCUT2D eigenvalue weighted by Crippen LogP contribution is 2.13. The van der Waals surface area contributed by atoms with Gasteiger partial charge in [0.05, 0.1) is 12.1 Å². The quantitative estimate of drug-likeness (QED) is 0.739. The third kappa shape index (κ3) is 4.45. The number of hydrogen-bond donors (Lipinski definition) is 2. The van der Waals surface area contributed by atoms with Gasteiger partial charge in [-0.15, -0.1) is 0 Å². The van der Waals surface area contributed by atoms with Crippen molar-refractivity contribution in [2.24, 2.45) is 5.73 Å². The number of benzene rings is 1. The maximum atomic E-state index is 12.0. The van der Waals surface area contributed by atoms with Crippen molar-refractivity contribution in [3.05, 3.63) is 29.8 Å². The van der Waals surface area contributed by atoms with E-state index in [0.717, 1.165) is 5.56 Å². The predicted octanol–water partition coefficient (Wildman–Crippen LogP) is 1.18. The Kier molecular flexibility index (Phi) is 5.71. The second kappa shape index (κ2) is 6.83. The Morgan fingerprint density at radius 2 is 2.21 bits per heavy atom. The van der Waals surface area contributed by atoms with Gasteiger partial charge in [-0.25, -0.2) is 13.1 Å². The van der Waals surface area contributed by atoms with Crippen LogP contribution in [0.2, 0.25) is 0 Å². The van der Waals surface area contributed by atoms with Crippen LogP contribution in [0.25, 0.3) is 0 Å². The van der Waals surface area contributed by atoms with Crippen LogP contribution in [0.3, 0.4) is 0 Å². The summed E-state index contributed by atoms with van der Waals surface area (Å²) in [4.78, 5) is -0.0133. The molecule has 19 heavy (non-hydrogen) atoms. The summed E-state index contributed by atoms with van der Waals surface area (Å²) < 4.78 is 31.6. The van der Waals surface area contributed by atoms with Crippen LogP contribution in [-0.2, 0) is 16.6 Å². The van der Waals surface area contributed by atoms with E-state index in [-0.39, 0.29) is 11.5 Å². The van der Waals surface area contributed by atoms with Crippen molar-refractivity contribution in [1.29, 1.82) is 0 Å². The largest absolute Gasteiger partial charge is 0.497 e. The van der Waals surface area contributed by atoms with Crippen LogP contribution in [0.4, 0.5) is 0 Å². The van der Waals surface area contributed by atoms with E-state index in [1.54, 1.807) is 32.2 Å². The van der Waals surface area contributed by atoms with Crippen LogP contribution in [0, 0.1) is 0 Å². The van der Waals surface area contributed by atoms with Crippen LogP contribution < -0.4 is 15.2 Å². The number of nitrogens with one attached hydrogen (secondary N) is 1. The zero-order valence-corrected chi connectivity index (χ0v) is 12.6. The highest BCUT2D eigenvalue weighted by atomic mass is 32.2. The van der Waals surface area contributed by atoms with Crippen molar-refractivity contribution < 1.29 is 13.2 Å². The first-order valence-corrected chi connectivity index (χ1v) is 7.77. The maximum Gasteiger partial charge on any atom is 0.221 e. The molecule has 0 bridgehead atoms. The van der Waals surface area contributed by atoms with Crippen LogP contribution in [0.5, 0.6) is 5.75 Å². The smallest absolute Gasteiger partial charge is 0.221 e. The first-order valence-electron chi connectivity index (χ1n) is 5.81. The van der Waals surface area contributed by atoms with Crippen molar-refractivity contribution in [1.82, 2.24) is 4.72 Å². The minimum Gasteiger partial charge on any atom is -0.497 e. The number of nitrogens with two attached hydrogens (primary N) is 1. The summed E-state index contributed by atoms with van der Waals surface area (Å²) in [5.41, 5.74) is 6.25. The Morgan fingerprint density at radius 3 is 2.74 bits per heavy atom. The number of hydrogen-bond acceptors (Lipinski definition) is 4. The molecule has 5 nitrogen and oxygen atoms in total. The lowest BCUT2D eigenvalue weighted by Gasteiger charge is -2.15. The normalized spacial score (nSPS) is 12.9. The fraction of sp³-hybridized carbons (Fsp3) is 0.417. The van der Waals surface area contributed by atoms with Gasteiger partial charge in [0.2, 0.25) is 10.0 Å². The summed E-state index contributed by atoms with van der Waals surface area (Å²) in [6.45, 7) is 1.91. The second-order valence-electron chi connectivity index (χ2n) is 4.02. The SMILES string of the molecule is CCC(C(N)=S)S(=O)(=O)NCc1cccc(OC)c1. The number of ether oxygens (including phenoxy) is 1. The summed E-state index contributed by atoms with van der Waals surface area (Å²) in [5, 5.41) is -0.840. The van der Waals surface area contributed by atoms with Crippen molar-refractivity contribution in [3.8, 4) is 5.75 Å². The van der Waals surface area contributed by atoms with Crippen LogP contribution in [0.1, 0.15) is 18.9 Å². The standard InChI is InChI=1S/C12H18N2O3S2/c1-3-11(12(13)18)19(15,16)14-8-9-5-4-6-10(7-9)17-2/h4-7,11,14H,3,8H2,1-2H3,(H2,13,18). The molecule has 0 aliphatic rings. The molecule has 0 aromatic heterocycles. The molecule has 0 saturated heterocycles. The van der Waals surface area contributed by atoms with Crippen LogP contribution in [-0.4, -0.2) is 25.8 Å². The first-order chi connectivity index (χ1) is 8.90. The molecule has 106 valence electrons. The molecule has 0 spiro atoms. The number of thiocarbonyl (C=S) groups is 1. The number of sulfonamides is 1. The molecule has 0 aliphatic heterocycles. The number of rotatable bonds is 7. The van der Waals surface area contributed by atoms with Gasteiger partial charge >= 0.3 is 0 Å². The average Bonchev–Trinajstić information content (AvgIpc) is 2.37. The van der Waals surface area contributed by atoms with Crippen LogP contribution >= 0.6 is 12.2 Å². The molecule has 1 atom stereocenters. The Morgan fingerprint density at radius 1 is 1.53 bits per heavy atom. The van der Waals surface area contributed by atoms with Gasteiger partial charge in [0.25, 0.3) is 0 Å². The Bertz CT molecular complexity index is 544. The van der Waals surface area contributed by atoms with Gasteiger partial charge < -0.3 is 10.5 Å². The molecule has 1 aromatic carbocycles. The Labute approximate surface area is 119 Å². The van der Waals surface area contributed by atoms with E-state index in [1.165, 1.54) is 0 Å². The molecule has 3 N–H and O–H groups in total. The van der Waals surface area contributed by atoms with E-state index >= 15 is 0 Å². The zero-order valence-electron chi connectivity index (χ0n) is 10.9. The van der Waals surface area contributed by atoms with Gasteiger partial charge in [0.15, 0.2) is 0 Å². The lowest BCUT2D eigenvalue weighted by Crippen LogP contribution is -2.41. The van der Waals surface area contributed by atoms with E-state index in [4.69, 9.17) is 22.7 Å². The van der Waals surface area contributed by atoms with Crippen molar-refractivity contribution >= 4 is 27.2 Å². The second-order valence-corrected chi connectivity index (χ2v) is 6.44. The Hall–Kier alpha value is -1.18. The van der Waals surface area contributed by atoms with E-state index < -0.39 is 15.3 Å². The molecule has 1 aromatic rings. The van der Waals surface area contributed by atoms with Gasteiger partial charge in [0.1, 0.15) is 11.0 Å². The lowest BCUT2D eigenvalue weighted by molar-refractivity contribution is 0.414. The molecule has 7 heteroatoms. The molecule has 0 aliphatic carbocycles. The highest BCUT2D eigenvalue weighted by Gasteiger charge is 2.25. The lowest BCUT2D eigenvalue weighted by atomic mass is 10.2. The first kappa shape index (κ1) is 15.9. The molecular weight excluding hydrogens is 284 g/mol. The summed E-state index contributed by atoms with van der Waals surface area (Å²) >= 11 is 4.77. The highest BCUT2D eigenvalue weighted by molar-refractivity contribution is 7.93. The molecule has 0 amide bonds. The summed E-state index contributed by atoms with van der Waals surface area (Å²) in [6, 6.07) is 7.17. The van der Waals surface area contributed by atoms with E-state index in [2.05, 4.69) is 4.72 Å². The van der Waals surface area contributed by atoms with E-state index in [1.807, 2.05) is 6.07 Å². The Balaban J connectivity index is 2.77. The molecule has 0 fully saturated rings. The third-order valence-corrected chi connectivity index (χ3v) is 4.99. The van der Waals surface area contributed by atoms with Crippen LogP contribution in [0.15, 0.2) is 24.3 Å². The van der Waals surface area contributed by atoms with Crippen molar-refractivity contribution in [3.63, 3.8) is 0 Å².